The van der Waals surface area contributed by atoms with Gasteiger partial charge in [-0.2, -0.15) is 0 Å². The Morgan fingerprint density at radius 1 is 0.923 bits per heavy atom. The highest BCUT2D eigenvalue weighted by Crippen LogP contribution is 2.30. The molecule has 26 heavy (non-hydrogen) atoms. The van der Waals surface area contributed by atoms with Gasteiger partial charge in [0.05, 0.1) is 5.02 Å². The second-order valence-electron chi connectivity index (χ2n) is 6.22. The van der Waals surface area contributed by atoms with E-state index in [9.17, 15) is 4.79 Å². The van der Waals surface area contributed by atoms with Crippen molar-refractivity contribution in [1.82, 2.24) is 0 Å². The normalized spacial score (nSPS) is 10.4. The fourth-order valence-electron chi connectivity index (χ4n) is 2.82. The number of benzene rings is 3. The summed E-state index contributed by atoms with van der Waals surface area (Å²) in [5.41, 5.74) is 5.04. The van der Waals surface area contributed by atoms with Crippen molar-refractivity contribution in [3.05, 3.63) is 82.9 Å². The molecule has 132 valence electrons. The maximum absolute atomic E-state index is 12.1. The van der Waals surface area contributed by atoms with Crippen molar-refractivity contribution in [2.75, 3.05) is 11.9 Å². The Kier molecular flexibility index (Phi) is 5.59. The molecule has 0 atom stereocenters. The Labute approximate surface area is 158 Å². The number of rotatable bonds is 5. The lowest BCUT2D eigenvalue weighted by atomic mass is 10.1. The summed E-state index contributed by atoms with van der Waals surface area (Å²) in [6, 6.07) is 21.4. The first kappa shape index (κ1) is 18.0. The Balaban J connectivity index is 1.63. The second-order valence-corrected chi connectivity index (χ2v) is 6.63. The van der Waals surface area contributed by atoms with Gasteiger partial charge in [0.2, 0.25) is 0 Å². The predicted octanol–water partition coefficient (Wildman–Crippen LogP) is 5.64. The van der Waals surface area contributed by atoms with Crippen LogP contribution < -0.4 is 10.1 Å². The molecule has 0 aliphatic rings. The minimum absolute atomic E-state index is 0.0998. The Morgan fingerprint density at radius 3 is 2.27 bits per heavy atom. The number of halogens is 1. The first-order valence-electron chi connectivity index (χ1n) is 8.37. The summed E-state index contributed by atoms with van der Waals surface area (Å²) >= 11 is 6.31. The molecule has 1 N–H and O–H groups in total. The molecule has 1 amide bonds. The maximum atomic E-state index is 12.1. The molecule has 0 aliphatic carbocycles. The van der Waals surface area contributed by atoms with Gasteiger partial charge in [0.25, 0.3) is 5.91 Å². The number of amides is 1. The first-order valence-corrected chi connectivity index (χ1v) is 8.75. The third-order valence-electron chi connectivity index (χ3n) is 3.90. The lowest BCUT2D eigenvalue weighted by molar-refractivity contribution is -0.118. The summed E-state index contributed by atoms with van der Waals surface area (Å²) in [5, 5.41) is 3.32. The van der Waals surface area contributed by atoms with Gasteiger partial charge in [-0.1, -0.05) is 54.1 Å². The van der Waals surface area contributed by atoms with Crippen LogP contribution in [-0.4, -0.2) is 12.5 Å². The number of nitrogens with one attached hydrogen (secondary N) is 1. The van der Waals surface area contributed by atoms with E-state index in [1.54, 1.807) is 6.07 Å². The van der Waals surface area contributed by atoms with Gasteiger partial charge < -0.3 is 10.1 Å². The zero-order chi connectivity index (χ0) is 18.5. The van der Waals surface area contributed by atoms with Gasteiger partial charge in [-0.3, -0.25) is 4.79 Å². The summed E-state index contributed by atoms with van der Waals surface area (Å²) in [4.78, 5) is 12.1. The monoisotopic (exact) mass is 365 g/mol. The molecule has 3 aromatic rings. The molecule has 4 heteroatoms. The molecule has 0 aliphatic heterocycles. The molecule has 0 radical (unpaired) electrons. The number of hydrogen-bond donors (Lipinski definition) is 1. The van der Waals surface area contributed by atoms with Crippen molar-refractivity contribution in [3.8, 4) is 16.9 Å². The Bertz CT molecular complexity index is 902. The maximum Gasteiger partial charge on any atom is 0.262 e. The molecule has 0 aromatic heterocycles. The van der Waals surface area contributed by atoms with Crippen LogP contribution in [0.3, 0.4) is 0 Å². The minimum Gasteiger partial charge on any atom is -0.482 e. The van der Waals surface area contributed by atoms with Crippen molar-refractivity contribution in [3.63, 3.8) is 0 Å². The summed E-state index contributed by atoms with van der Waals surface area (Å²) in [6.45, 7) is 3.89. The minimum atomic E-state index is -0.224. The third kappa shape index (κ3) is 4.64. The van der Waals surface area contributed by atoms with Crippen LogP contribution in [0.15, 0.2) is 66.7 Å². The van der Waals surface area contributed by atoms with E-state index >= 15 is 0 Å². The number of carbonyl (C=O) groups is 1. The van der Waals surface area contributed by atoms with E-state index in [-0.39, 0.29) is 12.5 Å². The zero-order valence-corrected chi connectivity index (χ0v) is 15.5. The molecule has 3 nitrogen and oxygen atoms in total. The Hall–Kier alpha value is -2.78. The van der Waals surface area contributed by atoms with Crippen LogP contribution in [-0.2, 0) is 4.79 Å². The van der Waals surface area contributed by atoms with Gasteiger partial charge in [0, 0.05) is 5.69 Å². The predicted molar refractivity (Wildman–Crippen MR) is 107 cm³/mol. The van der Waals surface area contributed by atoms with Crippen LogP contribution in [0.1, 0.15) is 11.1 Å². The fraction of sp³-hybridized carbons (Fsp3) is 0.136. The SMILES string of the molecule is Cc1cc(C)cc(NC(=O)COc2ccc(-c3ccccc3)cc2Cl)c1. The van der Waals surface area contributed by atoms with E-state index < -0.39 is 0 Å². The highest BCUT2D eigenvalue weighted by atomic mass is 35.5. The van der Waals surface area contributed by atoms with Crippen LogP contribution in [0.25, 0.3) is 11.1 Å². The summed E-state index contributed by atoms with van der Waals surface area (Å²) in [5.74, 6) is 0.264. The van der Waals surface area contributed by atoms with Crippen molar-refractivity contribution in [1.29, 1.82) is 0 Å². The fourth-order valence-corrected chi connectivity index (χ4v) is 3.05. The summed E-state index contributed by atoms with van der Waals surface area (Å²) < 4.78 is 5.58. The summed E-state index contributed by atoms with van der Waals surface area (Å²) in [7, 11) is 0. The molecule has 3 aromatic carbocycles. The third-order valence-corrected chi connectivity index (χ3v) is 4.20. The standard InChI is InChI=1S/C22H20ClNO2/c1-15-10-16(2)12-19(11-15)24-22(25)14-26-21-9-8-18(13-20(21)23)17-6-4-3-5-7-17/h3-13H,14H2,1-2H3,(H,24,25). The number of hydrogen-bond acceptors (Lipinski definition) is 2. The van der Waals surface area contributed by atoms with Crippen molar-refractivity contribution >= 4 is 23.2 Å². The molecule has 0 heterocycles. The van der Waals surface area contributed by atoms with Crippen LogP contribution >= 0.6 is 11.6 Å². The van der Waals surface area contributed by atoms with Crippen molar-refractivity contribution in [2.45, 2.75) is 13.8 Å². The average molecular weight is 366 g/mol. The summed E-state index contributed by atoms with van der Waals surface area (Å²) in [6.07, 6.45) is 0. The van der Waals surface area contributed by atoms with E-state index in [1.165, 1.54) is 0 Å². The quantitative estimate of drug-likeness (QED) is 0.635. The van der Waals surface area contributed by atoms with Crippen LogP contribution in [0.5, 0.6) is 5.75 Å². The molecule has 0 saturated heterocycles. The van der Waals surface area contributed by atoms with Crippen LogP contribution in [0.2, 0.25) is 5.02 Å². The molecule has 0 bridgehead atoms. The zero-order valence-electron chi connectivity index (χ0n) is 14.8. The van der Waals surface area contributed by atoms with E-state index in [2.05, 4.69) is 11.4 Å². The lowest BCUT2D eigenvalue weighted by Gasteiger charge is -2.11. The lowest BCUT2D eigenvalue weighted by Crippen LogP contribution is -2.20. The molecule has 0 fully saturated rings. The van der Waals surface area contributed by atoms with Gasteiger partial charge >= 0.3 is 0 Å². The average Bonchev–Trinajstić information content (AvgIpc) is 2.60. The molecular weight excluding hydrogens is 346 g/mol. The van der Waals surface area contributed by atoms with Gasteiger partial charge in [0.1, 0.15) is 5.75 Å². The van der Waals surface area contributed by atoms with E-state index in [0.717, 1.165) is 27.9 Å². The highest BCUT2D eigenvalue weighted by Gasteiger charge is 2.08. The topological polar surface area (TPSA) is 38.3 Å². The number of anilines is 1. The molecule has 0 unspecified atom stereocenters. The van der Waals surface area contributed by atoms with E-state index in [4.69, 9.17) is 16.3 Å². The van der Waals surface area contributed by atoms with E-state index in [0.29, 0.717) is 10.8 Å². The van der Waals surface area contributed by atoms with E-state index in [1.807, 2.05) is 68.4 Å². The first-order chi connectivity index (χ1) is 12.5. The Morgan fingerprint density at radius 2 is 1.62 bits per heavy atom. The largest absolute Gasteiger partial charge is 0.482 e. The molecule has 0 saturated carbocycles. The second kappa shape index (κ2) is 8.07. The van der Waals surface area contributed by atoms with Gasteiger partial charge in [-0.15, -0.1) is 0 Å². The van der Waals surface area contributed by atoms with Gasteiger partial charge in [0.15, 0.2) is 6.61 Å². The molecule has 0 spiro atoms. The number of aryl methyl sites for hydroxylation is 2. The molecular formula is C22H20ClNO2. The van der Waals surface area contributed by atoms with Gasteiger partial charge in [-0.05, 0) is 60.4 Å². The van der Waals surface area contributed by atoms with Gasteiger partial charge in [-0.25, -0.2) is 0 Å². The van der Waals surface area contributed by atoms with Crippen molar-refractivity contribution < 1.29 is 9.53 Å². The number of carbonyl (C=O) groups excluding carboxylic acids is 1. The highest BCUT2D eigenvalue weighted by molar-refractivity contribution is 6.32. The molecule has 3 rings (SSSR count). The number of ether oxygens (including phenoxy) is 1. The van der Waals surface area contributed by atoms with Crippen LogP contribution in [0.4, 0.5) is 5.69 Å². The van der Waals surface area contributed by atoms with Crippen molar-refractivity contribution in [2.24, 2.45) is 0 Å². The van der Waals surface area contributed by atoms with Crippen LogP contribution in [0, 0.1) is 13.8 Å². The smallest absolute Gasteiger partial charge is 0.262 e.